The van der Waals surface area contributed by atoms with Crippen molar-refractivity contribution in [1.82, 2.24) is 4.72 Å². The van der Waals surface area contributed by atoms with Crippen LogP contribution in [0.25, 0.3) is 0 Å². The van der Waals surface area contributed by atoms with E-state index in [1.807, 2.05) is 0 Å². The number of carbonyl (C=O) groups is 2. The van der Waals surface area contributed by atoms with Crippen molar-refractivity contribution < 1.29 is 27.5 Å². The summed E-state index contributed by atoms with van der Waals surface area (Å²) < 4.78 is 34.9. The first-order valence-corrected chi connectivity index (χ1v) is 7.85. The summed E-state index contributed by atoms with van der Waals surface area (Å²) in [4.78, 5) is 22.2. The van der Waals surface area contributed by atoms with Crippen molar-refractivity contribution in [2.24, 2.45) is 0 Å². The van der Waals surface area contributed by atoms with Gasteiger partial charge in [-0.2, -0.15) is 4.72 Å². The van der Waals surface area contributed by atoms with Gasteiger partial charge in [0.2, 0.25) is 10.0 Å². The Balaban J connectivity index is 2.98. The molecule has 10 heteroatoms. The van der Waals surface area contributed by atoms with Crippen LogP contribution in [0.2, 0.25) is 0 Å². The second kappa shape index (κ2) is 6.46. The summed E-state index contributed by atoms with van der Waals surface area (Å²) in [6.07, 6.45) is 0. The van der Waals surface area contributed by atoms with Gasteiger partial charge in [0.1, 0.15) is 16.3 Å². The minimum Gasteiger partial charge on any atom is -0.468 e. The first kappa shape index (κ1) is 16.1. The minimum absolute atomic E-state index is 0.132. The van der Waals surface area contributed by atoms with Gasteiger partial charge in [0, 0.05) is 0 Å². The second-order valence-electron chi connectivity index (χ2n) is 3.14. The van der Waals surface area contributed by atoms with Crippen LogP contribution in [0.3, 0.4) is 0 Å². The van der Waals surface area contributed by atoms with Crippen molar-refractivity contribution in [1.29, 1.82) is 0 Å². The maximum Gasteiger partial charge on any atom is 0.348 e. The summed E-state index contributed by atoms with van der Waals surface area (Å²) >= 11 is 3.97. The molecule has 0 fully saturated rings. The van der Waals surface area contributed by atoms with Gasteiger partial charge < -0.3 is 9.47 Å². The average molecular weight is 372 g/mol. The zero-order valence-corrected chi connectivity index (χ0v) is 13.1. The van der Waals surface area contributed by atoms with Gasteiger partial charge >= 0.3 is 11.9 Å². The number of methoxy groups -OCH3 is 2. The number of carbonyl (C=O) groups excluding carboxylic acids is 2. The SMILES string of the molecule is COC(=O)CNS(=O)(=O)c1cc(C(=O)OC)sc1Br. The van der Waals surface area contributed by atoms with Crippen LogP contribution in [0.1, 0.15) is 9.67 Å². The summed E-state index contributed by atoms with van der Waals surface area (Å²) in [5.41, 5.74) is 0. The first-order valence-electron chi connectivity index (χ1n) is 4.76. The Morgan fingerprint density at radius 1 is 1.37 bits per heavy atom. The molecule has 1 N–H and O–H groups in total. The van der Waals surface area contributed by atoms with Gasteiger partial charge in [0.15, 0.2) is 0 Å². The summed E-state index contributed by atoms with van der Waals surface area (Å²) in [6.45, 7) is -0.491. The molecule has 0 atom stereocenters. The molecule has 19 heavy (non-hydrogen) atoms. The fourth-order valence-electron chi connectivity index (χ4n) is 1.04. The number of esters is 2. The number of nitrogens with one attached hydrogen (secondary N) is 1. The first-order chi connectivity index (χ1) is 8.81. The van der Waals surface area contributed by atoms with E-state index < -0.39 is 28.5 Å². The van der Waals surface area contributed by atoms with Crippen molar-refractivity contribution in [2.75, 3.05) is 20.8 Å². The summed E-state index contributed by atoms with van der Waals surface area (Å²) in [5, 5.41) is 0. The van der Waals surface area contributed by atoms with Crippen LogP contribution in [0.4, 0.5) is 0 Å². The number of thiophene rings is 1. The lowest BCUT2D eigenvalue weighted by atomic mass is 10.5. The minimum atomic E-state index is -3.91. The molecule has 0 bridgehead atoms. The normalized spacial score (nSPS) is 11.1. The van der Waals surface area contributed by atoms with Gasteiger partial charge in [-0.25, -0.2) is 13.2 Å². The molecule has 0 spiro atoms. The van der Waals surface area contributed by atoms with Crippen molar-refractivity contribution >= 4 is 49.2 Å². The number of rotatable bonds is 5. The van der Waals surface area contributed by atoms with Crippen molar-refractivity contribution in [2.45, 2.75) is 4.90 Å². The van der Waals surface area contributed by atoms with Crippen LogP contribution >= 0.6 is 27.3 Å². The molecule has 0 saturated heterocycles. The molecule has 0 radical (unpaired) electrons. The standard InChI is InChI=1S/C9H10BrNO6S2/c1-16-7(12)4-11-19(14,15)6-3-5(9(13)17-2)18-8(6)10/h3,11H,4H2,1-2H3. The maximum absolute atomic E-state index is 11.9. The van der Waals surface area contributed by atoms with Crippen molar-refractivity contribution in [3.05, 3.63) is 14.7 Å². The van der Waals surface area contributed by atoms with E-state index in [2.05, 4.69) is 30.1 Å². The molecule has 0 aliphatic heterocycles. The highest BCUT2D eigenvalue weighted by atomic mass is 79.9. The highest BCUT2D eigenvalue weighted by Gasteiger charge is 2.24. The Hall–Kier alpha value is -0.970. The lowest BCUT2D eigenvalue weighted by molar-refractivity contribution is -0.139. The molecule has 106 valence electrons. The Labute approximate surface area is 122 Å². The van der Waals surface area contributed by atoms with E-state index in [0.29, 0.717) is 0 Å². The van der Waals surface area contributed by atoms with E-state index >= 15 is 0 Å². The average Bonchev–Trinajstić information content (AvgIpc) is 2.78. The van der Waals surface area contributed by atoms with Gasteiger partial charge in [0.25, 0.3) is 0 Å². The molecule has 0 saturated carbocycles. The molecule has 0 unspecified atom stereocenters. The smallest absolute Gasteiger partial charge is 0.348 e. The number of hydrogen-bond acceptors (Lipinski definition) is 7. The molecular formula is C9H10BrNO6S2. The van der Waals surface area contributed by atoms with Gasteiger partial charge in [-0.05, 0) is 22.0 Å². The molecule has 7 nitrogen and oxygen atoms in total. The third-order valence-corrected chi connectivity index (χ3v) is 5.60. The fourth-order valence-corrected chi connectivity index (χ4v) is 4.49. The van der Waals surface area contributed by atoms with Gasteiger partial charge in [-0.1, -0.05) is 0 Å². The zero-order valence-electron chi connectivity index (χ0n) is 9.93. The van der Waals surface area contributed by atoms with Gasteiger partial charge in [0.05, 0.1) is 18.0 Å². The summed E-state index contributed by atoms with van der Waals surface area (Å²) in [7, 11) is -1.57. The molecule has 0 amide bonds. The van der Waals surface area contributed by atoms with E-state index in [4.69, 9.17) is 0 Å². The van der Waals surface area contributed by atoms with Crippen LogP contribution < -0.4 is 4.72 Å². The quantitative estimate of drug-likeness (QED) is 0.766. The Morgan fingerprint density at radius 2 is 2.00 bits per heavy atom. The van der Waals surface area contributed by atoms with E-state index in [1.54, 1.807) is 0 Å². The third-order valence-electron chi connectivity index (χ3n) is 1.97. The topological polar surface area (TPSA) is 98.8 Å². The highest BCUT2D eigenvalue weighted by Crippen LogP contribution is 2.31. The Morgan fingerprint density at radius 3 is 2.53 bits per heavy atom. The molecule has 1 aromatic heterocycles. The third kappa shape index (κ3) is 4.00. The largest absolute Gasteiger partial charge is 0.468 e. The van der Waals surface area contributed by atoms with Gasteiger partial charge in [-0.3, -0.25) is 4.79 Å². The van der Waals surface area contributed by atoms with E-state index in [0.717, 1.165) is 18.4 Å². The Kier molecular flexibility index (Phi) is 5.47. The number of ether oxygens (including phenoxy) is 2. The van der Waals surface area contributed by atoms with Gasteiger partial charge in [-0.15, -0.1) is 11.3 Å². The lowest BCUT2D eigenvalue weighted by Gasteiger charge is -2.03. The van der Waals surface area contributed by atoms with Crippen LogP contribution in [-0.2, 0) is 24.3 Å². The molecule has 1 heterocycles. The number of halogens is 1. The number of sulfonamides is 1. The predicted octanol–water partition coefficient (Wildman–Crippen LogP) is 0.748. The Bertz CT molecular complexity index is 594. The summed E-state index contributed by atoms with van der Waals surface area (Å²) in [5.74, 6) is -1.36. The van der Waals surface area contributed by atoms with Crippen molar-refractivity contribution in [3.63, 3.8) is 0 Å². The summed E-state index contributed by atoms with van der Waals surface area (Å²) in [6, 6.07) is 1.17. The van der Waals surface area contributed by atoms with E-state index in [-0.39, 0.29) is 13.6 Å². The maximum atomic E-state index is 11.9. The predicted molar refractivity (Wildman–Crippen MR) is 70.6 cm³/mol. The number of hydrogen-bond donors (Lipinski definition) is 1. The molecular weight excluding hydrogens is 362 g/mol. The second-order valence-corrected chi connectivity index (χ2v) is 7.25. The molecule has 0 aromatic carbocycles. The molecule has 0 aliphatic carbocycles. The molecule has 1 aromatic rings. The van der Waals surface area contributed by atoms with E-state index in [9.17, 15) is 18.0 Å². The highest BCUT2D eigenvalue weighted by molar-refractivity contribution is 9.11. The lowest BCUT2D eigenvalue weighted by Crippen LogP contribution is -2.30. The molecule has 1 rings (SSSR count). The van der Waals surface area contributed by atoms with Crippen LogP contribution in [0.15, 0.2) is 14.7 Å². The monoisotopic (exact) mass is 371 g/mol. The van der Waals surface area contributed by atoms with Crippen LogP contribution in [0.5, 0.6) is 0 Å². The zero-order chi connectivity index (χ0) is 14.6. The van der Waals surface area contributed by atoms with Crippen molar-refractivity contribution in [3.8, 4) is 0 Å². The van der Waals surface area contributed by atoms with Crippen LogP contribution in [0, 0.1) is 0 Å². The molecule has 0 aliphatic rings. The van der Waals surface area contributed by atoms with Crippen LogP contribution in [-0.4, -0.2) is 41.1 Å². The fraction of sp³-hybridized carbons (Fsp3) is 0.333. The van der Waals surface area contributed by atoms with E-state index in [1.165, 1.54) is 13.2 Å².